The van der Waals surface area contributed by atoms with Crippen LogP contribution in [0.5, 0.6) is 17.2 Å². The fourth-order valence-corrected chi connectivity index (χ4v) is 3.07. The Morgan fingerprint density at radius 1 is 0.947 bits per heavy atom. The Labute approximate surface area is 233 Å². The number of aromatic carboxylic acids is 1. The Morgan fingerprint density at radius 3 is 2.00 bits per heavy atom. The first kappa shape index (κ1) is 32.6. The maximum Gasteiger partial charge on any atom is 0.335 e. The highest BCUT2D eigenvalue weighted by molar-refractivity contribution is 9.10. The number of phenols is 1. The van der Waals surface area contributed by atoms with E-state index in [2.05, 4.69) is 50.3 Å². The Balaban J connectivity index is 0.000000299. The summed E-state index contributed by atoms with van der Waals surface area (Å²) in [5, 5.41) is 20.3. The van der Waals surface area contributed by atoms with Crippen LogP contribution in [0.1, 0.15) is 57.0 Å². The number of halogens is 1. The van der Waals surface area contributed by atoms with Gasteiger partial charge in [0.25, 0.3) is 0 Å². The average Bonchev–Trinajstić information content (AvgIpc) is 2.84. The number of carboxylic acid groups (broad SMARTS) is 1. The first-order chi connectivity index (χ1) is 18.0. The second kappa shape index (κ2) is 17.9. The highest BCUT2D eigenvalue weighted by atomic mass is 79.9. The Morgan fingerprint density at radius 2 is 1.50 bits per heavy atom. The fourth-order valence-electron chi connectivity index (χ4n) is 2.72. The summed E-state index contributed by atoms with van der Waals surface area (Å²) >= 11 is 3.31. The molecule has 0 aliphatic rings. The SMILES string of the molecule is CC(C)Oc1cncc(Br)c1.CN[C@@H](C)C/C=C/c1cncc(OC(C)C)c1.O=C(O)c1ccc(O)cc1. The summed E-state index contributed by atoms with van der Waals surface area (Å²) in [6, 6.07) is 9.76. The number of rotatable bonds is 9. The van der Waals surface area contributed by atoms with Crippen LogP contribution in [0.4, 0.5) is 0 Å². The lowest BCUT2D eigenvalue weighted by molar-refractivity contribution is 0.0697. The highest BCUT2D eigenvalue weighted by Crippen LogP contribution is 2.17. The Bertz CT molecular complexity index is 1120. The number of pyridine rings is 2. The Kier molecular flexibility index (Phi) is 15.4. The number of nitrogens with zero attached hydrogens (tertiary/aromatic N) is 2. The minimum absolute atomic E-state index is 0.0741. The van der Waals surface area contributed by atoms with Crippen LogP contribution in [-0.4, -0.2) is 51.4 Å². The van der Waals surface area contributed by atoms with Crippen molar-refractivity contribution in [2.75, 3.05) is 7.05 Å². The van der Waals surface area contributed by atoms with Crippen molar-refractivity contribution in [2.24, 2.45) is 0 Å². The van der Waals surface area contributed by atoms with E-state index in [1.807, 2.05) is 53.1 Å². The number of hydrogen-bond donors (Lipinski definition) is 3. The first-order valence-electron chi connectivity index (χ1n) is 12.2. The third-order valence-corrected chi connectivity index (χ3v) is 5.00. The molecule has 38 heavy (non-hydrogen) atoms. The van der Waals surface area contributed by atoms with Crippen molar-refractivity contribution >= 4 is 28.0 Å². The molecule has 8 nitrogen and oxygen atoms in total. The summed E-state index contributed by atoms with van der Waals surface area (Å²) in [5.74, 6) is 0.711. The van der Waals surface area contributed by atoms with Crippen molar-refractivity contribution in [3.05, 3.63) is 82.9 Å². The number of aromatic nitrogens is 2. The highest BCUT2D eigenvalue weighted by Gasteiger charge is 2.00. The van der Waals surface area contributed by atoms with Crippen LogP contribution < -0.4 is 14.8 Å². The number of phenolic OH excluding ortho intramolecular Hbond substituents is 1. The minimum Gasteiger partial charge on any atom is -0.508 e. The first-order valence-corrected chi connectivity index (χ1v) is 13.0. The number of benzene rings is 1. The summed E-state index contributed by atoms with van der Waals surface area (Å²) in [6.45, 7) is 10.1. The standard InChI is InChI=1S/C14H22N2O.C8H10BrNO.C7H6O3/c1-11(2)17-14-8-13(9-16-10-14)7-5-6-12(3)15-4;1-6(2)11-8-3-7(9)4-10-5-8;8-6-3-1-5(2-4-6)7(9)10/h5,7-12,15H,6H2,1-4H3;3-6H,1-2H3;1-4,8H,(H,9,10)/b7-5+;;/t12-;;/m0../s1. The second-order valence-corrected chi connectivity index (χ2v) is 9.72. The molecule has 2 heterocycles. The van der Waals surface area contributed by atoms with E-state index in [0.29, 0.717) is 6.04 Å². The molecule has 0 saturated carbocycles. The number of hydrogen-bond acceptors (Lipinski definition) is 7. The predicted octanol–water partition coefficient (Wildman–Crippen LogP) is 6.60. The largest absolute Gasteiger partial charge is 0.508 e. The predicted molar refractivity (Wildman–Crippen MR) is 155 cm³/mol. The molecule has 0 radical (unpaired) electrons. The fraction of sp³-hybridized carbons (Fsp3) is 0.345. The zero-order chi connectivity index (χ0) is 28.5. The number of carboxylic acids is 1. The maximum absolute atomic E-state index is 10.2. The summed E-state index contributed by atoms with van der Waals surface area (Å²) in [7, 11) is 1.97. The third-order valence-electron chi connectivity index (χ3n) is 4.56. The monoisotopic (exact) mass is 587 g/mol. The molecular weight excluding hydrogens is 550 g/mol. The lowest BCUT2D eigenvalue weighted by atomic mass is 10.2. The molecule has 0 unspecified atom stereocenters. The van der Waals surface area contributed by atoms with Gasteiger partial charge in [0, 0.05) is 22.9 Å². The molecule has 9 heteroatoms. The van der Waals surface area contributed by atoms with E-state index in [-0.39, 0.29) is 23.5 Å². The molecule has 0 saturated heterocycles. The molecule has 0 bridgehead atoms. The molecule has 0 aliphatic carbocycles. The van der Waals surface area contributed by atoms with Crippen LogP contribution in [0, 0.1) is 0 Å². The number of nitrogens with one attached hydrogen (secondary N) is 1. The van der Waals surface area contributed by atoms with Crippen molar-refractivity contribution in [1.82, 2.24) is 15.3 Å². The van der Waals surface area contributed by atoms with E-state index in [9.17, 15) is 4.79 Å². The van der Waals surface area contributed by atoms with Gasteiger partial charge in [-0.25, -0.2) is 4.79 Å². The molecule has 2 aromatic heterocycles. The number of carbonyl (C=O) groups is 1. The molecule has 0 spiro atoms. The van der Waals surface area contributed by atoms with Crippen LogP contribution in [0.25, 0.3) is 6.08 Å². The van der Waals surface area contributed by atoms with E-state index in [0.717, 1.165) is 28.0 Å². The lowest BCUT2D eigenvalue weighted by Crippen LogP contribution is -2.19. The van der Waals surface area contributed by atoms with Gasteiger partial charge in [0.1, 0.15) is 17.2 Å². The van der Waals surface area contributed by atoms with Gasteiger partial charge in [-0.15, -0.1) is 0 Å². The summed E-state index contributed by atoms with van der Waals surface area (Å²) in [6.07, 6.45) is 12.6. The molecule has 3 N–H and O–H groups in total. The minimum atomic E-state index is -0.986. The van der Waals surface area contributed by atoms with Crippen molar-refractivity contribution < 1.29 is 24.5 Å². The van der Waals surface area contributed by atoms with Gasteiger partial charge >= 0.3 is 5.97 Å². The van der Waals surface area contributed by atoms with Gasteiger partial charge in [0.05, 0.1) is 30.2 Å². The quantitative estimate of drug-likeness (QED) is 0.256. The van der Waals surface area contributed by atoms with Crippen LogP contribution in [-0.2, 0) is 0 Å². The summed E-state index contributed by atoms with van der Waals surface area (Å²) < 4.78 is 11.9. The van der Waals surface area contributed by atoms with Crippen molar-refractivity contribution in [3.8, 4) is 17.2 Å². The van der Waals surface area contributed by atoms with E-state index < -0.39 is 5.97 Å². The average molecular weight is 589 g/mol. The normalized spacial score (nSPS) is 11.3. The second-order valence-electron chi connectivity index (χ2n) is 8.81. The van der Waals surface area contributed by atoms with E-state index in [1.54, 1.807) is 18.6 Å². The molecular formula is C29H38BrN3O5. The molecule has 1 atom stereocenters. The van der Waals surface area contributed by atoms with Gasteiger partial charge in [0.2, 0.25) is 0 Å². The van der Waals surface area contributed by atoms with Gasteiger partial charge in [-0.1, -0.05) is 12.2 Å². The maximum atomic E-state index is 10.2. The van der Waals surface area contributed by atoms with E-state index in [4.69, 9.17) is 19.7 Å². The summed E-state index contributed by atoms with van der Waals surface area (Å²) in [5.41, 5.74) is 1.25. The van der Waals surface area contributed by atoms with Crippen LogP contribution in [0.2, 0.25) is 0 Å². The van der Waals surface area contributed by atoms with Gasteiger partial charge < -0.3 is 25.0 Å². The zero-order valence-electron chi connectivity index (χ0n) is 22.8. The third kappa shape index (κ3) is 15.0. The molecule has 3 aromatic rings. The topological polar surface area (TPSA) is 114 Å². The van der Waals surface area contributed by atoms with E-state index >= 15 is 0 Å². The molecule has 0 fully saturated rings. The summed E-state index contributed by atoms with van der Waals surface area (Å²) in [4.78, 5) is 18.4. The number of aromatic hydroxyl groups is 1. The van der Waals surface area contributed by atoms with Crippen molar-refractivity contribution in [2.45, 2.75) is 59.3 Å². The van der Waals surface area contributed by atoms with Crippen LogP contribution in [0.3, 0.4) is 0 Å². The van der Waals surface area contributed by atoms with Crippen LogP contribution >= 0.6 is 15.9 Å². The van der Waals surface area contributed by atoms with Gasteiger partial charge in [-0.3, -0.25) is 9.97 Å². The van der Waals surface area contributed by atoms with E-state index in [1.165, 1.54) is 24.3 Å². The van der Waals surface area contributed by atoms with Crippen molar-refractivity contribution in [3.63, 3.8) is 0 Å². The number of ether oxygens (including phenoxy) is 2. The smallest absolute Gasteiger partial charge is 0.335 e. The Hall–Kier alpha value is -3.43. The molecule has 0 aliphatic heterocycles. The molecule has 1 aromatic carbocycles. The van der Waals surface area contributed by atoms with Gasteiger partial charge in [0.15, 0.2) is 0 Å². The molecule has 3 rings (SSSR count). The van der Waals surface area contributed by atoms with Crippen molar-refractivity contribution in [1.29, 1.82) is 0 Å². The zero-order valence-corrected chi connectivity index (χ0v) is 24.3. The van der Waals surface area contributed by atoms with Crippen LogP contribution in [0.15, 0.2) is 71.7 Å². The molecule has 206 valence electrons. The lowest BCUT2D eigenvalue weighted by Gasteiger charge is -2.09. The van der Waals surface area contributed by atoms with Gasteiger partial charge in [-0.05, 0) is 106 Å². The molecule has 0 amide bonds. The van der Waals surface area contributed by atoms with Gasteiger partial charge in [-0.2, -0.15) is 0 Å².